The summed E-state index contributed by atoms with van der Waals surface area (Å²) in [7, 11) is 3.96. The van der Waals surface area contributed by atoms with Crippen molar-refractivity contribution in [3.63, 3.8) is 0 Å². The molecule has 0 radical (unpaired) electrons. The molecular formula is C22H35IN6O2. The molecule has 0 aliphatic rings. The van der Waals surface area contributed by atoms with Gasteiger partial charge in [-0.15, -0.1) is 24.0 Å². The summed E-state index contributed by atoms with van der Waals surface area (Å²) in [6.07, 6.45) is 2.78. The smallest absolute Gasteiger partial charge is 0.251 e. The zero-order chi connectivity index (χ0) is 22.1. The predicted octanol–water partition coefficient (Wildman–Crippen LogP) is 3.08. The second kappa shape index (κ2) is 13.2. The Balaban J connectivity index is 0.00000480. The minimum absolute atomic E-state index is 0. The summed E-state index contributed by atoms with van der Waals surface area (Å²) in [5.74, 6) is 1.08. The maximum absolute atomic E-state index is 12.1. The van der Waals surface area contributed by atoms with Crippen LogP contribution in [-0.4, -0.2) is 58.3 Å². The summed E-state index contributed by atoms with van der Waals surface area (Å²) in [5, 5.41) is 20.2. The third-order valence-electron chi connectivity index (χ3n) is 4.58. The van der Waals surface area contributed by atoms with E-state index in [0.717, 1.165) is 31.2 Å². The molecule has 0 spiro atoms. The highest BCUT2D eigenvalue weighted by Gasteiger charge is 2.15. The second-order valence-corrected chi connectivity index (χ2v) is 7.62. The molecule has 172 valence electrons. The molecule has 0 fully saturated rings. The fourth-order valence-electron chi connectivity index (χ4n) is 3.18. The van der Waals surface area contributed by atoms with Gasteiger partial charge in [0, 0.05) is 57.6 Å². The van der Waals surface area contributed by atoms with Crippen molar-refractivity contribution in [2.24, 2.45) is 12.0 Å². The quantitative estimate of drug-likeness (QED) is 0.196. The third-order valence-corrected chi connectivity index (χ3v) is 4.58. The Kier molecular flexibility index (Phi) is 11.4. The molecule has 0 saturated heterocycles. The molecule has 31 heavy (non-hydrogen) atoms. The SMILES string of the molecule is CCNC(=NCCCNC(=O)c1cccc(O)c1)N(C)Cc1cn(C)nc1C(C)C.I. The van der Waals surface area contributed by atoms with Crippen LogP contribution < -0.4 is 10.6 Å². The standard InChI is InChI=1S/C22H34N6O2.HI/c1-6-23-22(27(4)14-18-15-28(5)26-20(18)16(2)3)25-12-8-11-24-21(30)17-9-7-10-19(29)13-17;/h7,9-10,13,15-16,29H,6,8,11-12,14H2,1-5H3,(H,23,25)(H,24,30);1H. The van der Waals surface area contributed by atoms with Gasteiger partial charge in [0.05, 0.1) is 5.69 Å². The number of aromatic hydroxyl groups is 1. The highest BCUT2D eigenvalue weighted by Crippen LogP contribution is 2.18. The van der Waals surface area contributed by atoms with Crippen LogP contribution in [-0.2, 0) is 13.6 Å². The predicted molar refractivity (Wildman–Crippen MR) is 135 cm³/mol. The first-order valence-corrected chi connectivity index (χ1v) is 10.4. The van der Waals surface area contributed by atoms with Gasteiger partial charge in [-0.1, -0.05) is 19.9 Å². The summed E-state index contributed by atoms with van der Waals surface area (Å²) in [4.78, 5) is 18.9. The number of amides is 1. The molecule has 0 aliphatic carbocycles. The molecule has 1 aromatic heterocycles. The minimum Gasteiger partial charge on any atom is -0.508 e. The van der Waals surface area contributed by atoms with Gasteiger partial charge in [0.1, 0.15) is 5.75 Å². The van der Waals surface area contributed by atoms with E-state index in [1.54, 1.807) is 18.2 Å². The zero-order valence-electron chi connectivity index (χ0n) is 19.1. The molecular weight excluding hydrogens is 507 g/mol. The molecule has 0 bridgehead atoms. The molecule has 0 unspecified atom stereocenters. The van der Waals surface area contributed by atoms with Crippen molar-refractivity contribution in [1.29, 1.82) is 0 Å². The van der Waals surface area contributed by atoms with Crippen molar-refractivity contribution < 1.29 is 9.90 Å². The number of aliphatic imine (C=N–C) groups is 1. The van der Waals surface area contributed by atoms with Gasteiger partial charge in [0.25, 0.3) is 5.91 Å². The van der Waals surface area contributed by atoms with Crippen LogP contribution in [0.15, 0.2) is 35.5 Å². The first-order valence-electron chi connectivity index (χ1n) is 10.4. The molecule has 1 aromatic carbocycles. The van der Waals surface area contributed by atoms with E-state index in [9.17, 15) is 9.90 Å². The first-order chi connectivity index (χ1) is 14.3. The van der Waals surface area contributed by atoms with E-state index >= 15 is 0 Å². The minimum atomic E-state index is -0.198. The maximum Gasteiger partial charge on any atom is 0.251 e. The van der Waals surface area contributed by atoms with E-state index in [4.69, 9.17) is 0 Å². The highest BCUT2D eigenvalue weighted by atomic mass is 127. The molecule has 2 aromatic rings. The number of carbonyl (C=O) groups is 1. The lowest BCUT2D eigenvalue weighted by atomic mass is 10.1. The normalized spacial score (nSPS) is 11.2. The van der Waals surface area contributed by atoms with Crippen LogP contribution in [0.25, 0.3) is 0 Å². The van der Waals surface area contributed by atoms with Crippen LogP contribution in [0, 0.1) is 0 Å². The maximum atomic E-state index is 12.1. The van der Waals surface area contributed by atoms with Gasteiger partial charge >= 0.3 is 0 Å². The molecule has 1 heterocycles. The summed E-state index contributed by atoms with van der Waals surface area (Å²) in [6.45, 7) is 8.95. The van der Waals surface area contributed by atoms with Crippen LogP contribution in [0.3, 0.4) is 0 Å². The number of guanidine groups is 1. The van der Waals surface area contributed by atoms with Crippen LogP contribution in [0.4, 0.5) is 0 Å². The van der Waals surface area contributed by atoms with Gasteiger partial charge in [-0.2, -0.15) is 5.10 Å². The van der Waals surface area contributed by atoms with E-state index in [2.05, 4.69) is 45.7 Å². The number of carbonyl (C=O) groups excluding carboxylic acids is 1. The highest BCUT2D eigenvalue weighted by molar-refractivity contribution is 14.0. The number of nitrogens with one attached hydrogen (secondary N) is 2. The van der Waals surface area contributed by atoms with Crippen molar-refractivity contribution in [2.45, 2.75) is 39.7 Å². The number of phenols is 1. The molecule has 3 N–H and O–H groups in total. The number of nitrogens with zero attached hydrogens (tertiary/aromatic N) is 4. The van der Waals surface area contributed by atoms with Gasteiger partial charge in [-0.3, -0.25) is 14.5 Å². The van der Waals surface area contributed by atoms with E-state index < -0.39 is 0 Å². The van der Waals surface area contributed by atoms with Gasteiger partial charge < -0.3 is 20.6 Å². The van der Waals surface area contributed by atoms with E-state index in [0.29, 0.717) is 24.6 Å². The van der Waals surface area contributed by atoms with Crippen LogP contribution in [0.2, 0.25) is 0 Å². The topological polar surface area (TPSA) is 94.8 Å². The Bertz CT molecular complexity index is 865. The molecule has 0 saturated carbocycles. The van der Waals surface area contributed by atoms with Crippen LogP contribution in [0.1, 0.15) is 54.7 Å². The monoisotopic (exact) mass is 542 g/mol. The Morgan fingerprint density at radius 2 is 2.06 bits per heavy atom. The van der Waals surface area contributed by atoms with E-state index in [1.165, 1.54) is 11.6 Å². The lowest BCUT2D eigenvalue weighted by Gasteiger charge is -2.22. The van der Waals surface area contributed by atoms with Gasteiger partial charge in [0.2, 0.25) is 0 Å². The lowest BCUT2D eigenvalue weighted by molar-refractivity contribution is 0.0953. The summed E-state index contributed by atoms with van der Waals surface area (Å²) in [5.41, 5.74) is 2.75. The fraction of sp³-hybridized carbons (Fsp3) is 0.500. The molecule has 0 aliphatic heterocycles. The largest absolute Gasteiger partial charge is 0.508 e. The molecule has 9 heteroatoms. The van der Waals surface area contributed by atoms with Crippen molar-refractivity contribution in [3.05, 3.63) is 47.3 Å². The van der Waals surface area contributed by atoms with E-state index in [-0.39, 0.29) is 35.6 Å². The Labute approximate surface area is 202 Å². The van der Waals surface area contributed by atoms with Crippen LogP contribution in [0.5, 0.6) is 5.75 Å². The Morgan fingerprint density at radius 3 is 2.71 bits per heavy atom. The van der Waals surface area contributed by atoms with Crippen molar-refractivity contribution in [2.75, 3.05) is 26.7 Å². The number of halogens is 1. The Hall–Kier alpha value is -2.30. The van der Waals surface area contributed by atoms with Crippen molar-refractivity contribution in [1.82, 2.24) is 25.3 Å². The number of rotatable bonds is 9. The molecule has 2 rings (SSSR count). The van der Waals surface area contributed by atoms with Gasteiger partial charge in [-0.25, -0.2) is 0 Å². The fourth-order valence-corrected chi connectivity index (χ4v) is 3.18. The Morgan fingerprint density at radius 1 is 1.32 bits per heavy atom. The first kappa shape index (κ1) is 26.7. The number of aromatic nitrogens is 2. The molecule has 8 nitrogen and oxygen atoms in total. The second-order valence-electron chi connectivity index (χ2n) is 7.62. The average molecular weight is 542 g/mol. The lowest BCUT2D eigenvalue weighted by Crippen LogP contribution is -2.38. The van der Waals surface area contributed by atoms with E-state index in [1.807, 2.05) is 25.7 Å². The molecule has 0 atom stereocenters. The molecule has 1 amide bonds. The number of phenolic OH excluding ortho intramolecular Hbond substituents is 1. The number of aryl methyl sites for hydroxylation is 1. The number of hydrogen-bond donors (Lipinski definition) is 3. The van der Waals surface area contributed by atoms with Crippen molar-refractivity contribution in [3.8, 4) is 5.75 Å². The van der Waals surface area contributed by atoms with Crippen molar-refractivity contribution >= 4 is 35.8 Å². The number of benzene rings is 1. The average Bonchev–Trinajstić information content (AvgIpc) is 3.07. The van der Waals surface area contributed by atoms with Gasteiger partial charge in [-0.05, 0) is 37.5 Å². The summed E-state index contributed by atoms with van der Waals surface area (Å²) >= 11 is 0. The summed E-state index contributed by atoms with van der Waals surface area (Å²) < 4.78 is 1.86. The summed E-state index contributed by atoms with van der Waals surface area (Å²) in [6, 6.07) is 6.32. The van der Waals surface area contributed by atoms with Gasteiger partial charge in [0.15, 0.2) is 5.96 Å². The third kappa shape index (κ3) is 8.39. The number of hydrogen-bond acceptors (Lipinski definition) is 4. The zero-order valence-corrected chi connectivity index (χ0v) is 21.4. The van der Waals surface area contributed by atoms with Crippen LogP contribution >= 0.6 is 24.0 Å².